The number of halogens is 8. The van der Waals surface area contributed by atoms with Crippen LogP contribution >= 0.6 is 105 Å². The standard InChI is InChI=1S/8BrH.2Ti/h8*1H;;/q;;;;;;;;2*+4/p-8. The Morgan fingerprint density at radius 2 is 0.400 bits per heavy atom. The Bertz CT molecular complexity index is 50.2. The molecule has 0 spiro atoms. The summed E-state index contributed by atoms with van der Waals surface area (Å²) in [5.41, 5.74) is 0. The second-order valence-corrected chi connectivity index (χ2v) is 95.4. The van der Waals surface area contributed by atoms with Gasteiger partial charge in [0, 0.05) is 0 Å². The molecule has 10 heavy (non-hydrogen) atoms. The zero-order valence-corrected chi connectivity index (χ0v) is 19.8. The summed E-state index contributed by atoms with van der Waals surface area (Å²) in [5.74, 6) is 0. The molecule has 0 fully saturated rings. The molecule has 0 bridgehead atoms. The molecule has 0 aliphatic rings. The molecule has 0 unspecified atom stereocenters. The summed E-state index contributed by atoms with van der Waals surface area (Å²) in [6, 6.07) is 0. The Morgan fingerprint density at radius 3 is 0.400 bits per heavy atom. The monoisotopic (exact) mass is 727 g/mol. The number of hydrogen-bond donors (Lipinski definition) is 0. The first kappa shape index (κ1) is 17.7. The van der Waals surface area contributed by atoms with Crippen LogP contribution in [0.15, 0.2) is 0 Å². The van der Waals surface area contributed by atoms with Gasteiger partial charge in [-0.15, -0.1) is 0 Å². The van der Waals surface area contributed by atoms with Gasteiger partial charge >= 0.3 is 122 Å². The molecule has 0 saturated heterocycles. The molecule has 0 amide bonds. The topological polar surface area (TPSA) is 0 Å². The van der Waals surface area contributed by atoms with Gasteiger partial charge in [0.25, 0.3) is 0 Å². The van der Waals surface area contributed by atoms with Crippen molar-refractivity contribution < 1.29 is 16.4 Å². The Balaban J connectivity index is 0. The van der Waals surface area contributed by atoms with Crippen molar-refractivity contribution in [2.75, 3.05) is 0 Å². The van der Waals surface area contributed by atoms with Crippen molar-refractivity contribution in [2.24, 2.45) is 0 Å². The molecule has 10 heteroatoms. The first-order chi connectivity index (χ1) is 4.00. The molecule has 0 aliphatic carbocycles. The molecule has 0 atom stereocenters. The van der Waals surface area contributed by atoms with Crippen molar-refractivity contribution in [3.63, 3.8) is 0 Å². The van der Waals surface area contributed by atoms with E-state index in [2.05, 4.69) is 105 Å². The van der Waals surface area contributed by atoms with Gasteiger partial charge in [0.05, 0.1) is 0 Å². The van der Waals surface area contributed by atoms with Crippen LogP contribution < -0.4 is 0 Å². The van der Waals surface area contributed by atoms with E-state index in [-0.39, 0.29) is 0 Å². The summed E-state index contributed by atoms with van der Waals surface area (Å²) in [6.07, 6.45) is 0. The molecular formula is Br8Ti2. The number of rotatable bonds is 0. The third kappa shape index (κ3) is 71.9. The Hall–Kier alpha value is 5.27. The van der Waals surface area contributed by atoms with Crippen molar-refractivity contribution in [3.8, 4) is 0 Å². The van der Waals surface area contributed by atoms with E-state index in [0.717, 1.165) is 0 Å². The zero-order valence-electron chi connectivity index (χ0n) is 4.02. The van der Waals surface area contributed by atoms with E-state index >= 15 is 0 Å². The number of hydrogen-bond acceptors (Lipinski definition) is 0. The van der Waals surface area contributed by atoms with Gasteiger partial charge in [0.2, 0.25) is 0 Å². The quantitative estimate of drug-likeness (QED) is 0.242. The van der Waals surface area contributed by atoms with Gasteiger partial charge in [0.1, 0.15) is 0 Å². The molecule has 0 saturated carbocycles. The van der Waals surface area contributed by atoms with Gasteiger partial charge in [0.15, 0.2) is 0 Å². The van der Waals surface area contributed by atoms with Crippen LogP contribution in [-0.4, -0.2) is 0 Å². The van der Waals surface area contributed by atoms with Crippen LogP contribution in [0.1, 0.15) is 0 Å². The summed E-state index contributed by atoms with van der Waals surface area (Å²) in [6.45, 7) is 0. The van der Waals surface area contributed by atoms with Crippen molar-refractivity contribution in [1.82, 2.24) is 0 Å². The summed E-state index contributed by atoms with van der Waals surface area (Å²) in [7, 11) is -3.50. The van der Waals surface area contributed by atoms with Crippen molar-refractivity contribution >= 4 is 105 Å². The molecule has 0 heterocycles. The minimum atomic E-state index is -1.75. The molecule has 0 radical (unpaired) electrons. The van der Waals surface area contributed by atoms with Crippen LogP contribution in [0.3, 0.4) is 0 Å². The maximum atomic E-state index is 3.31. The van der Waals surface area contributed by atoms with E-state index in [0.29, 0.717) is 0 Å². The van der Waals surface area contributed by atoms with Crippen LogP contribution in [0.2, 0.25) is 0 Å². The van der Waals surface area contributed by atoms with Gasteiger partial charge in [-0.25, -0.2) is 0 Å². The maximum absolute atomic E-state index is 3.31. The third-order valence-electron chi connectivity index (χ3n) is 0. The second-order valence-electron chi connectivity index (χ2n) is 0.857. The Morgan fingerprint density at radius 1 is 0.400 bits per heavy atom. The first-order valence-corrected chi connectivity index (χ1v) is 32.4. The van der Waals surface area contributed by atoms with E-state index in [4.69, 9.17) is 0 Å². The van der Waals surface area contributed by atoms with Gasteiger partial charge in [-0.1, -0.05) is 0 Å². The first-order valence-electron chi connectivity index (χ1n) is 1.51. The zero-order chi connectivity index (χ0) is 9.00. The fraction of sp³-hybridized carbons (Fsp3) is 0. The SMILES string of the molecule is [Br][Ti]([Br])([Br])[Br].[Br][Ti]([Br])([Br])[Br]. The van der Waals surface area contributed by atoms with Crippen molar-refractivity contribution in [1.29, 1.82) is 0 Å². The van der Waals surface area contributed by atoms with Crippen LogP contribution in [0.4, 0.5) is 0 Å². The van der Waals surface area contributed by atoms with Crippen molar-refractivity contribution in [3.05, 3.63) is 0 Å². The normalized spacial score (nSPS) is 12.0. The summed E-state index contributed by atoms with van der Waals surface area (Å²) in [4.78, 5) is 0. The van der Waals surface area contributed by atoms with E-state index in [1.54, 1.807) is 0 Å². The third-order valence-corrected chi connectivity index (χ3v) is 0. The van der Waals surface area contributed by atoms with E-state index in [1.807, 2.05) is 0 Å². The predicted octanol–water partition coefficient (Wildman–Crippen LogP) is 6.76. The molecular weight excluding hydrogens is 735 g/mol. The summed E-state index contributed by atoms with van der Waals surface area (Å²) >= 11 is 26.5. The Labute approximate surface area is 118 Å². The average Bonchev–Trinajstić information content (AvgIpc) is 1.12. The van der Waals surface area contributed by atoms with Crippen LogP contribution in [0.25, 0.3) is 0 Å². The molecule has 0 N–H and O–H groups in total. The molecule has 0 rings (SSSR count). The molecule has 0 aliphatic heterocycles. The summed E-state index contributed by atoms with van der Waals surface area (Å²) in [5, 5.41) is 0. The minimum absolute atomic E-state index is 1.75. The van der Waals surface area contributed by atoms with Crippen LogP contribution in [0.5, 0.6) is 0 Å². The second kappa shape index (κ2) is 8.42. The molecule has 0 aromatic rings. The van der Waals surface area contributed by atoms with E-state index in [9.17, 15) is 0 Å². The summed E-state index contributed by atoms with van der Waals surface area (Å²) < 4.78 is 0. The average molecular weight is 735 g/mol. The molecule has 0 aromatic heterocycles. The van der Waals surface area contributed by atoms with Gasteiger partial charge in [-0.05, 0) is 0 Å². The van der Waals surface area contributed by atoms with Gasteiger partial charge in [-0.2, -0.15) is 0 Å². The molecule has 0 aromatic carbocycles. The Kier molecular flexibility index (Phi) is 14.9. The fourth-order valence-electron chi connectivity index (χ4n) is 0. The predicted molar refractivity (Wildman–Crippen MR) is 71.4 cm³/mol. The van der Waals surface area contributed by atoms with E-state index in [1.165, 1.54) is 0 Å². The van der Waals surface area contributed by atoms with Crippen molar-refractivity contribution in [2.45, 2.75) is 0 Å². The van der Waals surface area contributed by atoms with Gasteiger partial charge in [-0.3, -0.25) is 0 Å². The van der Waals surface area contributed by atoms with Crippen LogP contribution in [-0.2, 0) is 16.4 Å². The molecule has 0 nitrogen and oxygen atoms in total. The van der Waals surface area contributed by atoms with Crippen LogP contribution in [0, 0.1) is 0 Å². The fourth-order valence-corrected chi connectivity index (χ4v) is 0. The van der Waals surface area contributed by atoms with Gasteiger partial charge < -0.3 is 0 Å². The molecule has 64 valence electrons. The van der Waals surface area contributed by atoms with E-state index < -0.39 is 16.4 Å².